The SMILES string of the molecule is CS(=O)(=O)NCCNCC(O)CN1CCOCC1. The molecule has 8 heteroatoms. The van der Waals surface area contributed by atoms with E-state index in [1.807, 2.05) is 0 Å². The van der Waals surface area contributed by atoms with Crippen LogP contribution >= 0.6 is 0 Å². The summed E-state index contributed by atoms with van der Waals surface area (Å²) < 4.78 is 29.2. The van der Waals surface area contributed by atoms with E-state index in [1.54, 1.807) is 0 Å². The van der Waals surface area contributed by atoms with Crippen molar-refractivity contribution in [2.24, 2.45) is 0 Å². The number of aliphatic hydroxyl groups excluding tert-OH is 1. The maximum atomic E-state index is 10.8. The van der Waals surface area contributed by atoms with Gasteiger partial charge in [0.25, 0.3) is 0 Å². The fraction of sp³-hybridized carbons (Fsp3) is 1.00. The molecule has 1 heterocycles. The lowest BCUT2D eigenvalue weighted by molar-refractivity contribution is 0.0150. The molecule has 0 bridgehead atoms. The van der Waals surface area contributed by atoms with Gasteiger partial charge in [0.2, 0.25) is 10.0 Å². The molecule has 0 aromatic carbocycles. The summed E-state index contributed by atoms with van der Waals surface area (Å²) in [5.74, 6) is 0. The summed E-state index contributed by atoms with van der Waals surface area (Å²) in [7, 11) is -3.12. The lowest BCUT2D eigenvalue weighted by Crippen LogP contribution is -2.44. The zero-order chi connectivity index (χ0) is 13.4. The van der Waals surface area contributed by atoms with Crippen LogP contribution < -0.4 is 10.0 Å². The summed E-state index contributed by atoms with van der Waals surface area (Å²) in [6.45, 7) is 5.07. The predicted molar refractivity (Wildman–Crippen MR) is 69.0 cm³/mol. The number of sulfonamides is 1. The van der Waals surface area contributed by atoms with E-state index in [4.69, 9.17) is 4.74 Å². The van der Waals surface area contributed by atoms with Crippen LogP contribution in [0.15, 0.2) is 0 Å². The summed E-state index contributed by atoms with van der Waals surface area (Å²) >= 11 is 0. The largest absolute Gasteiger partial charge is 0.390 e. The van der Waals surface area contributed by atoms with Gasteiger partial charge < -0.3 is 15.2 Å². The molecule has 1 fully saturated rings. The van der Waals surface area contributed by atoms with Gasteiger partial charge in [-0.2, -0.15) is 0 Å². The van der Waals surface area contributed by atoms with Crippen LogP contribution in [-0.2, 0) is 14.8 Å². The highest BCUT2D eigenvalue weighted by atomic mass is 32.2. The fourth-order valence-electron chi connectivity index (χ4n) is 1.74. The first-order chi connectivity index (χ1) is 8.47. The Morgan fingerprint density at radius 1 is 1.33 bits per heavy atom. The van der Waals surface area contributed by atoms with E-state index in [0.717, 1.165) is 32.6 Å². The Bertz CT molecular complexity index is 317. The smallest absolute Gasteiger partial charge is 0.208 e. The molecule has 0 spiro atoms. The van der Waals surface area contributed by atoms with E-state index < -0.39 is 16.1 Å². The molecule has 1 aliphatic rings. The molecule has 108 valence electrons. The van der Waals surface area contributed by atoms with Gasteiger partial charge in [-0.1, -0.05) is 0 Å². The van der Waals surface area contributed by atoms with Crippen LogP contribution in [0.4, 0.5) is 0 Å². The number of hydrogen-bond donors (Lipinski definition) is 3. The van der Waals surface area contributed by atoms with Crippen molar-refractivity contribution in [1.29, 1.82) is 0 Å². The van der Waals surface area contributed by atoms with Gasteiger partial charge in [-0.25, -0.2) is 13.1 Å². The van der Waals surface area contributed by atoms with Gasteiger partial charge in [-0.15, -0.1) is 0 Å². The first-order valence-corrected chi connectivity index (χ1v) is 8.00. The van der Waals surface area contributed by atoms with Crippen molar-refractivity contribution in [2.75, 3.05) is 58.7 Å². The third-order valence-corrected chi connectivity index (χ3v) is 3.35. The van der Waals surface area contributed by atoms with Crippen molar-refractivity contribution in [2.45, 2.75) is 6.10 Å². The topological polar surface area (TPSA) is 90.9 Å². The first kappa shape index (κ1) is 15.8. The van der Waals surface area contributed by atoms with Crippen molar-refractivity contribution in [3.63, 3.8) is 0 Å². The van der Waals surface area contributed by atoms with Crippen LogP contribution in [0.3, 0.4) is 0 Å². The van der Waals surface area contributed by atoms with E-state index in [1.165, 1.54) is 0 Å². The molecule has 0 aromatic heterocycles. The van der Waals surface area contributed by atoms with Gasteiger partial charge in [0, 0.05) is 39.3 Å². The Kier molecular flexibility index (Phi) is 7.05. The molecular weight excluding hydrogens is 258 g/mol. The Labute approximate surface area is 109 Å². The van der Waals surface area contributed by atoms with E-state index in [9.17, 15) is 13.5 Å². The average Bonchev–Trinajstić information content (AvgIpc) is 2.28. The summed E-state index contributed by atoms with van der Waals surface area (Å²) in [4.78, 5) is 2.16. The lowest BCUT2D eigenvalue weighted by atomic mass is 10.3. The minimum absolute atomic E-state index is 0.336. The molecule has 1 saturated heterocycles. The molecule has 0 saturated carbocycles. The molecule has 3 N–H and O–H groups in total. The number of aliphatic hydroxyl groups is 1. The molecule has 1 rings (SSSR count). The fourth-order valence-corrected chi connectivity index (χ4v) is 2.21. The third-order valence-electron chi connectivity index (χ3n) is 2.62. The molecule has 0 amide bonds. The predicted octanol–water partition coefficient (Wildman–Crippen LogP) is -2.18. The number of morpholine rings is 1. The molecule has 7 nitrogen and oxygen atoms in total. The number of ether oxygens (including phenoxy) is 1. The second kappa shape index (κ2) is 8.03. The van der Waals surface area contributed by atoms with Crippen molar-refractivity contribution >= 4 is 10.0 Å². The van der Waals surface area contributed by atoms with Gasteiger partial charge in [0.1, 0.15) is 0 Å². The second-order valence-electron chi connectivity index (χ2n) is 4.44. The van der Waals surface area contributed by atoms with Crippen LogP contribution in [-0.4, -0.2) is 83.3 Å². The number of nitrogens with one attached hydrogen (secondary N) is 2. The van der Waals surface area contributed by atoms with Crippen molar-refractivity contribution < 1.29 is 18.3 Å². The Morgan fingerprint density at radius 3 is 2.61 bits per heavy atom. The van der Waals surface area contributed by atoms with Gasteiger partial charge >= 0.3 is 0 Å². The van der Waals surface area contributed by atoms with Gasteiger partial charge in [0.05, 0.1) is 25.6 Å². The van der Waals surface area contributed by atoms with E-state index >= 15 is 0 Å². The molecule has 0 aromatic rings. The van der Waals surface area contributed by atoms with Gasteiger partial charge in [-0.3, -0.25) is 4.90 Å². The Balaban J connectivity index is 2.01. The van der Waals surface area contributed by atoms with Crippen molar-refractivity contribution in [3.8, 4) is 0 Å². The standard InChI is InChI=1S/C10H23N3O4S/c1-18(15,16)12-3-2-11-8-10(14)9-13-4-6-17-7-5-13/h10-12,14H,2-9H2,1H3. The quantitative estimate of drug-likeness (QED) is 0.438. The maximum absolute atomic E-state index is 10.8. The Morgan fingerprint density at radius 2 is 2.00 bits per heavy atom. The van der Waals surface area contributed by atoms with Crippen LogP contribution in [0, 0.1) is 0 Å². The highest BCUT2D eigenvalue weighted by Gasteiger charge is 2.14. The average molecular weight is 281 g/mol. The first-order valence-electron chi connectivity index (χ1n) is 6.11. The molecule has 1 atom stereocenters. The summed E-state index contributed by atoms with van der Waals surface area (Å²) in [6, 6.07) is 0. The second-order valence-corrected chi connectivity index (χ2v) is 6.27. The van der Waals surface area contributed by atoms with Crippen molar-refractivity contribution in [3.05, 3.63) is 0 Å². The minimum atomic E-state index is -3.12. The van der Waals surface area contributed by atoms with E-state index in [0.29, 0.717) is 26.2 Å². The monoisotopic (exact) mass is 281 g/mol. The molecule has 1 aliphatic heterocycles. The normalized spacial score (nSPS) is 19.9. The minimum Gasteiger partial charge on any atom is -0.390 e. The summed E-state index contributed by atoms with van der Waals surface area (Å²) in [5, 5.41) is 12.8. The summed E-state index contributed by atoms with van der Waals surface area (Å²) in [6.07, 6.45) is 0.682. The van der Waals surface area contributed by atoms with Crippen LogP contribution in [0.2, 0.25) is 0 Å². The van der Waals surface area contributed by atoms with E-state index in [-0.39, 0.29) is 0 Å². The lowest BCUT2D eigenvalue weighted by Gasteiger charge is -2.28. The van der Waals surface area contributed by atoms with Crippen molar-refractivity contribution in [1.82, 2.24) is 14.9 Å². The number of nitrogens with zero attached hydrogens (tertiary/aromatic N) is 1. The van der Waals surface area contributed by atoms with Crippen LogP contribution in [0.25, 0.3) is 0 Å². The van der Waals surface area contributed by atoms with E-state index in [2.05, 4.69) is 14.9 Å². The number of hydrogen-bond acceptors (Lipinski definition) is 6. The van der Waals surface area contributed by atoms with Gasteiger partial charge in [-0.05, 0) is 0 Å². The third kappa shape index (κ3) is 7.96. The zero-order valence-corrected chi connectivity index (χ0v) is 11.6. The molecular formula is C10H23N3O4S. The summed E-state index contributed by atoms with van der Waals surface area (Å²) in [5.41, 5.74) is 0. The molecule has 0 radical (unpaired) electrons. The maximum Gasteiger partial charge on any atom is 0.208 e. The number of rotatable bonds is 8. The highest BCUT2D eigenvalue weighted by molar-refractivity contribution is 7.88. The molecule has 18 heavy (non-hydrogen) atoms. The molecule has 1 unspecified atom stereocenters. The zero-order valence-electron chi connectivity index (χ0n) is 10.8. The van der Waals surface area contributed by atoms with Crippen LogP contribution in [0.1, 0.15) is 0 Å². The van der Waals surface area contributed by atoms with Crippen LogP contribution in [0.5, 0.6) is 0 Å². The van der Waals surface area contributed by atoms with Gasteiger partial charge in [0.15, 0.2) is 0 Å². The molecule has 0 aliphatic carbocycles. The highest BCUT2D eigenvalue weighted by Crippen LogP contribution is 1.97. The number of β-amino-alcohol motifs (C(OH)–C–C–N with tert-alkyl or cyclic N) is 1. The Hall–Kier alpha value is -0.250.